The van der Waals surface area contributed by atoms with E-state index in [4.69, 9.17) is 9.47 Å². The van der Waals surface area contributed by atoms with Gasteiger partial charge in [-0.2, -0.15) is 0 Å². The number of carbonyl (C=O) groups excluding carboxylic acids is 2. The maximum absolute atomic E-state index is 15.3. The monoisotopic (exact) mass is 593 g/mol. The van der Waals surface area contributed by atoms with E-state index in [0.717, 1.165) is 18.5 Å². The zero-order valence-electron chi connectivity index (χ0n) is 23.8. The van der Waals surface area contributed by atoms with Gasteiger partial charge in [-0.3, -0.25) is 14.5 Å². The average molecular weight is 594 g/mol. The Hall–Kier alpha value is -4.81. The molecule has 3 heterocycles. The third-order valence-electron chi connectivity index (χ3n) is 8.16. The maximum atomic E-state index is 15.3. The molecule has 1 saturated carbocycles. The minimum absolute atomic E-state index is 0.110. The number of rotatable bonds is 8. The molecule has 3 fully saturated rings. The Morgan fingerprint density at radius 3 is 2.35 bits per heavy atom. The van der Waals surface area contributed by atoms with Gasteiger partial charge in [-0.1, -0.05) is 0 Å². The molecule has 2 saturated heterocycles. The second-order valence-corrected chi connectivity index (χ2v) is 11.0. The van der Waals surface area contributed by atoms with E-state index in [2.05, 4.69) is 10.2 Å². The van der Waals surface area contributed by atoms with Gasteiger partial charge < -0.3 is 34.3 Å². The Balaban J connectivity index is 1.20. The molecule has 0 spiro atoms. The molecule has 1 aromatic heterocycles. The van der Waals surface area contributed by atoms with Crippen molar-refractivity contribution in [3.8, 4) is 5.75 Å². The predicted molar refractivity (Wildman–Crippen MR) is 157 cm³/mol. The van der Waals surface area contributed by atoms with Crippen LogP contribution in [0.1, 0.15) is 36.2 Å². The Bertz CT molecular complexity index is 1680. The average Bonchev–Trinajstić information content (AvgIpc) is 3.76. The van der Waals surface area contributed by atoms with E-state index in [1.165, 1.54) is 31.2 Å². The van der Waals surface area contributed by atoms with Crippen molar-refractivity contribution in [1.82, 2.24) is 9.88 Å². The van der Waals surface area contributed by atoms with Gasteiger partial charge in [-0.15, -0.1) is 0 Å². The number of aromatic nitrogens is 1. The molecular formula is C30H32FN5O7. The normalized spacial score (nSPS) is 18.6. The first kappa shape index (κ1) is 28.3. The molecule has 3 aromatic rings. The number of ether oxygens (including phenoxy) is 2. The first-order valence-corrected chi connectivity index (χ1v) is 14.2. The summed E-state index contributed by atoms with van der Waals surface area (Å²) in [5.74, 6) is -1.43. The molecule has 2 N–H and O–H groups in total. The number of aromatic carboxylic acids is 1. The number of fused-ring (bicyclic) bond motifs is 1. The maximum Gasteiger partial charge on any atom is 0.414 e. The third kappa shape index (κ3) is 5.30. The number of pyridine rings is 1. The summed E-state index contributed by atoms with van der Waals surface area (Å²) >= 11 is 0. The van der Waals surface area contributed by atoms with Crippen molar-refractivity contribution in [2.75, 3.05) is 61.1 Å². The lowest BCUT2D eigenvalue weighted by molar-refractivity contribution is -0.119. The molecule has 0 radical (unpaired) electrons. The topological polar surface area (TPSA) is 134 Å². The fourth-order valence-corrected chi connectivity index (χ4v) is 5.86. The van der Waals surface area contributed by atoms with Gasteiger partial charge in [0, 0.05) is 45.3 Å². The van der Waals surface area contributed by atoms with Crippen molar-refractivity contribution >= 4 is 45.9 Å². The fraction of sp³-hybridized carbons (Fsp3) is 0.400. The van der Waals surface area contributed by atoms with Crippen molar-refractivity contribution in [2.24, 2.45) is 0 Å². The quantitative estimate of drug-likeness (QED) is 0.404. The number of amides is 2. The second kappa shape index (κ2) is 11.1. The molecule has 43 heavy (non-hydrogen) atoms. The number of carboxylic acids is 1. The van der Waals surface area contributed by atoms with Crippen molar-refractivity contribution < 1.29 is 33.4 Å². The van der Waals surface area contributed by atoms with Gasteiger partial charge in [-0.05, 0) is 43.2 Å². The van der Waals surface area contributed by atoms with Crippen LogP contribution < -0.4 is 30.2 Å². The number of anilines is 3. The molecule has 226 valence electrons. The molecule has 12 nitrogen and oxygen atoms in total. The summed E-state index contributed by atoms with van der Waals surface area (Å²) in [7, 11) is 1.54. The highest BCUT2D eigenvalue weighted by molar-refractivity contribution is 5.97. The fourth-order valence-electron chi connectivity index (χ4n) is 5.86. The number of hydrogen-bond donors (Lipinski definition) is 2. The third-order valence-corrected chi connectivity index (χ3v) is 8.16. The molecule has 2 amide bonds. The Morgan fingerprint density at radius 1 is 1.07 bits per heavy atom. The Labute approximate surface area is 246 Å². The summed E-state index contributed by atoms with van der Waals surface area (Å²) < 4.78 is 28.3. The van der Waals surface area contributed by atoms with Crippen LogP contribution in [-0.4, -0.2) is 80.1 Å². The Kier molecular flexibility index (Phi) is 7.32. The number of benzene rings is 2. The van der Waals surface area contributed by atoms with Crippen LogP contribution >= 0.6 is 0 Å². The van der Waals surface area contributed by atoms with E-state index in [9.17, 15) is 24.3 Å². The van der Waals surface area contributed by atoms with Gasteiger partial charge >= 0.3 is 12.1 Å². The minimum Gasteiger partial charge on any atom is -0.492 e. The number of nitrogens with one attached hydrogen (secondary N) is 1. The highest BCUT2D eigenvalue weighted by Gasteiger charge is 2.34. The smallest absolute Gasteiger partial charge is 0.414 e. The summed E-state index contributed by atoms with van der Waals surface area (Å²) in [6.07, 6.45) is 2.10. The summed E-state index contributed by atoms with van der Waals surface area (Å²) in [6, 6.07) is 8.21. The molecule has 6 rings (SSSR count). The van der Waals surface area contributed by atoms with Gasteiger partial charge in [0.15, 0.2) is 5.75 Å². The standard InChI is InChI=1S/C30H32FN5O7/c1-17(37)32-14-20-15-36(30(41)43-20)19-5-7-24(23(31)13-19)33-9-11-34(12-10-33)25-8-6-21-26(28(25)42-2)35(18-3-4-18)16-22(27(21)38)29(39)40/h5-8,13,16,18,20H,3-4,9-12,14-15H2,1-2H3,(H,32,37)(H,39,40). The highest BCUT2D eigenvalue weighted by atomic mass is 19.1. The van der Waals surface area contributed by atoms with E-state index in [0.29, 0.717) is 54.2 Å². The number of halogens is 1. The molecule has 0 bridgehead atoms. The summed E-state index contributed by atoms with van der Waals surface area (Å²) in [5.41, 5.74) is 1.36. The minimum atomic E-state index is -1.26. The number of piperazine rings is 1. The van der Waals surface area contributed by atoms with Crippen LogP contribution in [0.3, 0.4) is 0 Å². The SMILES string of the molecule is COc1c(N2CCN(c3ccc(N4CC(CNC(C)=O)OC4=O)cc3F)CC2)ccc2c(=O)c(C(=O)O)cn(C3CC3)c12. The van der Waals surface area contributed by atoms with Crippen LogP contribution in [0.5, 0.6) is 5.75 Å². The van der Waals surface area contributed by atoms with Crippen LogP contribution in [0.25, 0.3) is 10.9 Å². The van der Waals surface area contributed by atoms with Gasteiger partial charge in [0.1, 0.15) is 17.5 Å². The number of hydrogen-bond acceptors (Lipinski definition) is 8. The van der Waals surface area contributed by atoms with Crippen LogP contribution in [0, 0.1) is 5.82 Å². The van der Waals surface area contributed by atoms with Gasteiger partial charge in [0.25, 0.3) is 0 Å². The summed E-state index contributed by atoms with van der Waals surface area (Å²) in [5, 5.41) is 12.5. The first-order valence-electron chi connectivity index (χ1n) is 14.2. The zero-order chi connectivity index (χ0) is 30.4. The number of cyclic esters (lactones) is 1. The van der Waals surface area contributed by atoms with Gasteiger partial charge in [-0.25, -0.2) is 14.0 Å². The molecular weight excluding hydrogens is 561 g/mol. The summed E-state index contributed by atoms with van der Waals surface area (Å²) in [4.78, 5) is 53.7. The van der Waals surface area contributed by atoms with E-state index >= 15 is 4.39 Å². The number of carboxylic acid groups (broad SMARTS) is 1. The number of methoxy groups -OCH3 is 1. The van der Waals surface area contributed by atoms with Crippen molar-refractivity contribution in [2.45, 2.75) is 31.9 Å². The lowest BCUT2D eigenvalue weighted by atomic mass is 10.1. The van der Waals surface area contributed by atoms with Crippen LogP contribution in [0.2, 0.25) is 0 Å². The van der Waals surface area contributed by atoms with Crippen LogP contribution in [0.4, 0.5) is 26.2 Å². The second-order valence-electron chi connectivity index (χ2n) is 11.0. The van der Waals surface area contributed by atoms with Crippen molar-refractivity contribution in [3.63, 3.8) is 0 Å². The van der Waals surface area contributed by atoms with E-state index < -0.39 is 29.4 Å². The van der Waals surface area contributed by atoms with Crippen LogP contribution in [0.15, 0.2) is 41.3 Å². The van der Waals surface area contributed by atoms with Gasteiger partial charge in [0.2, 0.25) is 11.3 Å². The predicted octanol–water partition coefficient (Wildman–Crippen LogP) is 2.97. The molecule has 3 aliphatic rings. The number of carbonyl (C=O) groups is 3. The summed E-state index contributed by atoms with van der Waals surface area (Å²) in [6.45, 7) is 3.89. The molecule has 2 aliphatic heterocycles. The lowest BCUT2D eigenvalue weighted by Gasteiger charge is -2.38. The number of nitrogens with zero attached hydrogens (tertiary/aromatic N) is 4. The van der Waals surface area contributed by atoms with Crippen molar-refractivity contribution in [1.29, 1.82) is 0 Å². The molecule has 13 heteroatoms. The van der Waals surface area contributed by atoms with E-state index in [1.807, 2.05) is 9.47 Å². The molecule has 2 aromatic carbocycles. The van der Waals surface area contributed by atoms with Crippen LogP contribution in [-0.2, 0) is 9.53 Å². The van der Waals surface area contributed by atoms with E-state index in [-0.39, 0.29) is 30.6 Å². The Morgan fingerprint density at radius 2 is 1.74 bits per heavy atom. The highest BCUT2D eigenvalue weighted by Crippen LogP contribution is 2.42. The molecule has 1 unspecified atom stereocenters. The van der Waals surface area contributed by atoms with E-state index in [1.54, 1.807) is 24.3 Å². The lowest BCUT2D eigenvalue weighted by Crippen LogP contribution is -2.47. The zero-order valence-corrected chi connectivity index (χ0v) is 23.8. The van der Waals surface area contributed by atoms with Gasteiger partial charge in [0.05, 0.1) is 48.2 Å². The molecule has 1 aliphatic carbocycles. The first-order chi connectivity index (χ1) is 20.7. The largest absolute Gasteiger partial charge is 0.492 e. The molecule has 1 atom stereocenters. The van der Waals surface area contributed by atoms with Crippen molar-refractivity contribution in [3.05, 3.63) is 58.1 Å².